The van der Waals surface area contributed by atoms with Crippen LogP contribution in [0.3, 0.4) is 0 Å². The molecule has 0 radical (unpaired) electrons. The van der Waals surface area contributed by atoms with Crippen LogP contribution in [-0.2, 0) is 0 Å². The molecule has 0 amide bonds. The molecule has 0 spiro atoms. The molecular weight excluding hydrogens is 126 g/mol. The van der Waals surface area contributed by atoms with Crippen molar-refractivity contribution >= 4 is 0 Å². The molecule has 60 valence electrons. The molecule has 2 nitrogen and oxygen atoms in total. The summed E-state index contributed by atoms with van der Waals surface area (Å²) in [5, 5.41) is 12.2. The molecule has 1 fully saturated rings. The summed E-state index contributed by atoms with van der Waals surface area (Å²) >= 11 is 0. The van der Waals surface area contributed by atoms with Crippen LogP contribution < -0.4 is 5.32 Å². The van der Waals surface area contributed by atoms with Crippen LogP contribution in [0.1, 0.15) is 32.6 Å². The summed E-state index contributed by atoms with van der Waals surface area (Å²) in [6, 6.07) is 0. The highest BCUT2D eigenvalue weighted by molar-refractivity contribution is 4.85. The molecule has 0 saturated carbocycles. The smallest absolute Gasteiger partial charge is 0.0448 e. The molecule has 0 bridgehead atoms. The Kier molecular flexibility index (Phi) is 2.69. The minimum Gasteiger partial charge on any atom is -0.396 e. The molecule has 1 saturated heterocycles. The zero-order chi connectivity index (χ0) is 7.45. The first-order valence-electron chi connectivity index (χ1n) is 4.13. The van der Waals surface area contributed by atoms with Crippen molar-refractivity contribution in [1.82, 2.24) is 5.32 Å². The van der Waals surface area contributed by atoms with Gasteiger partial charge in [-0.05, 0) is 32.7 Å². The lowest BCUT2D eigenvalue weighted by atomic mass is 9.88. The zero-order valence-electron chi connectivity index (χ0n) is 6.69. The molecule has 2 heteroatoms. The Bertz CT molecular complexity index is 91.9. The Labute approximate surface area is 62.6 Å². The van der Waals surface area contributed by atoms with Gasteiger partial charge >= 0.3 is 0 Å². The third-order valence-corrected chi connectivity index (χ3v) is 2.37. The Morgan fingerprint density at radius 3 is 2.80 bits per heavy atom. The van der Waals surface area contributed by atoms with E-state index in [2.05, 4.69) is 12.2 Å². The molecule has 0 aromatic heterocycles. The largest absolute Gasteiger partial charge is 0.396 e. The van der Waals surface area contributed by atoms with E-state index in [4.69, 9.17) is 5.11 Å². The minimum absolute atomic E-state index is 0.229. The van der Waals surface area contributed by atoms with E-state index >= 15 is 0 Å². The highest BCUT2D eigenvalue weighted by Crippen LogP contribution is 2.21. The van der Waals surface area contributed by atoms with Crippen LogP contribution in [0, 0.1) is 0 Å². The maximum atomic E-state index is 8.74. The van der Waals surface area contributed by atoms with E-state index in [0.717, 1.165) is 13.0 Å². The fourth-order valence-corrected chi connectivity index (χ4v) is 1.58. The summed E-state index contributed by atoms with van der Waals surface area (Å²) in [6.07, 6.45) is 4.71. The lowest BCUT2D eigenvalue weighted by Gasteiger charge is -2.34. The van der Waals surface area contributed by atoms with E-state index in [1.807, 2.05) is 0 Å². The quantitative estimate of drug-likeness (QED) is 0.602. The highest BCUT2D eigenvalue weighted by atomic mass is 16.3. The summed E-state index contributed by atoms with van der Waals surface area (Å²) in [7, 11) is 0. The molecule has 0 aromatic carbocycles. The number of hydrogen-bond donors (Lipinski definition) is 2. The molecule has 1 rings (SSSR count). The average Bonchev–Trinajstić information content (AvgIpc) is 1.89. The minimum atomic E-state index is 0.229. The highest BCUT2D eigenvalue weighted by Gasteiger charge is 2.24. The van der Waals surface area contributed by atoms with Gasteiger partial charge in [0, 0.05) is 12.1 Å². The Balaban J connectivity index is 2.32. The number of rotatable bonds is 2. The second-order valence-electron chi connectivity index (χ2n) is 3.42. The third-order valence-electron chi connectivity index (χ3n) is 2.37. The zero-order valence-corrected chi connectivity index (χ0v) is 6.69. The summed E-state index contributed by atoms with van der Waals surface area (Å²) < 4.78 is 0. The second kappa shape index (κ2) is 3.35. The van der Waals surface area contributed by atoms with Gasteiger partial charge in [-0.2, -0.15) is 0 Å². The van der Waals surface area contributed by atoms with Crippen molar-refractivity contribution in [3.8, 4) is 0 Å². The fraction of sp³-hybridized carbons (Fsp3) is 1.00. The third kappa shape index (κ3) is 1.96. The van der Waals surface area contributed by atoms with Gasteiger partial charge in [0.25, 0.3) is 0 Å². The summed E-state index contributed by atoms with van der Waals surface area (Å²) in [4.78, 5) is 0. The molecule has 10 heavy (non-hydrogen) atoms. The average molecular weight is 143 g/mol. The van der Waals surface area contributed by atoms with Gasteiger partial charge in [0.2, 0.25) is 0 Å². The lowest BCUT2D eigenvalue weighted by Crippen LogP contribution is -2.46. The van der Waals surface area contributed by atoms with Gasteiger partial charge < -0.3 is 10.4 Å². The Morgan fingerprint density at radius 2 is 2.30 bits per heavy atom. The van der Waals surface area contributed by atoms with Gasteiger partial charge in [-0.1, -0.05) is 6.42 Å². The van der Waals surface area contributed by atoms with Crippen LogP contribution in [0.15, 0.2) is 0 Å². The Morgan fingerprint density at radius 1 is 1.50 bits per heavy atom. The van der Waals surface area contributed by atoms with Gasteiger partial charge in [0.15, 0.2) is 0 Å². The second-order valence-corrected chi connectivity index (χ2v) is 3.42. The predicted molar refractivity (Wildman–Crippen MR) is 42.0 cm³/mol. The maximum Gasteiger partial charge on any atom is 0.0448 e. The Hall–Kier alpha value is -0.0800. The van der Waals surface area contributed by atoms with Crippen molar-refractivity contribution in [2.45, 2.75) is 38.1 Å². The fourth-order valence-electron chi connectivity index (χ4n) is 1.58. The molecule has 1 atom stereocenters. The van der Waals surface area contributed by atoms with Crippen molar-refractivity contribution in [3.05, 3.63) is 0 Å². The van der Waals surface area contributed by atoms with Crippen molar-refractivity contribution in [2.24, 2.45) is 0 Å². The van der Waals surface area contributed by atoms with Crippen molar-refractivity contribution in [3.63, 3.8) is 0 Å². The molecular formula is C8H17NO. The number of piperidine rings is 1. The van der Waals surface area contributed by atoms with Crippen molar-refractivity contribution < 1.29 is 5.11 Å². The topological polar surface area (TPSA) is 32.3 Å². The van der Waals surface area contributed by atoms with Crippen molar-refractivity contribution in [2.75, 3.05) is 13.2 Å². The monoisotopic (exact) mass is 143 g/mol. The van der Waals surface area contributed by atoms with Gasteiger partial charge in [-0.3, -0.25) is 0 Å². The van der Waals surface area contributed by atoms with E-state index in [1.54, 1.807) is 0 Å². The first-order valence-corrected chi connectivity index (χ1v) is 4.13. The van der Waals surface area contributed by atoms with Crippen LogP contribution in [0.4, 0.5) is 0 Å². The van der Waals surface area contributed by atoms with Crippen LogP contribution >= 0.6 is 0 Å². The molecule has 0 aromatic rings. The lowest BCUT2D eigenvalue weighted by molar-refractivity contribution is 0.192. The maximum absolute atomic E-state index is 8.74. The van der Waals surface area contributed by atoms with Gasteiger partial charge in [-0.25, -0.2) is 0 Å². The van der Waals surface area contributed by atoms with Gasteiger partial charge in [0.1, 0.15) is 0 Å². The van der Waals surface area contributed by atoms with Crippen LogP contribution in [0.5, 0.6) is 0 Å². The number of aliphatic hydroxyl groups excluding tert-OH is 1. The van der Waals surface area contributed by atoms with Gasteiger partial charge in [0.05, 0.1) is 0 Å². The van der Waals surface area contributed by atoms with Crippen LogP contribution in [0.2, 0.25) is 0 Å². The van der Waals surface area contributed by atoms with E-state index in [-0.39, 0.29) is 5.54 Å². The predicted octanol–water partition coefficient (Wildman–Crippen LogP) is 0.901. The first-order chi connectivity index (χ1) is 4.77. The molecule has 1 aliphatic rings. The SMILES string of the molecule is CC1(CCO)CCCCN1. The first kappa shape index (κ1) is 8.02. The van der Waals surface area contributed by atoms with Gasteiger partial charge in [-0.15, -0.1) is 0 Å². The van der Waals surface area contributed by atoms with E-state index in [0.29, 0.717) is 6.61 Å². The summed E-state index contributed by atoms with van der Waals surface area (Å²) in [5.41, 5.74) is 0.229. The number of hydrogen-bond acceptors (Lipinski definition) is 2. The number of nitrogens with one attached hydrogen (secondary N) is 1. The van der Waals surface area contributed by atoms with E-state index in [1.165, 1.54) is 19.3 Å². The molecule has 1 heterocycles. The van der Waals surface area contributed by atoms with Crippen LogP contribution in [0.25, 0.3) is 0 Å². The normalized spacial score (nSPS) is 34.2. The molecule has 1 unspecified atom stereocenters. The standard InChI is InChI=1S/C8H17NO/c1-8(5-7-10)4-2-3-6-9-8/h9-10H,2-7H2,1H3. The molecule has 1 aliphatic heterocycles. The van der Waals surface area contributed by atoms with Crippen LogP contribution in [-0.4, -0.2) is 23.8 Å². The van der Waals surface area contributed by atoms with E-state index < -0.39 is 0 Å². The molecule has 2 N–H and O–H groups in total. The van der Waals surface area contributed by atoms with Crippen molar-refractivity contribution in [1.29, 1.82) is 0 Å². The summed E-state index contributed by atoms with van der Waals surface area (Å²) in [5.74, 6) is 0. The van der Waals surface area contributed by atoms with E-state index in [9.17, 15) is 0 Å². The molecule has 0 aliphatic carbocycles. The summed E-state index contributed by atoms with van der Waals surface area (Å²) in [6.45, 7) is 3.63. The number of aliphatic hydroxyl groups is 1.